The fourth-order valence-corrected chi connectivity index (χ4v) is 3.67. The van der Waals surface area contributed by atoms with E-state index in [1.807, 2.05) is 20.8 Å². The molecule has 0 bridgehead atoms. The molecule has 0 amide bonds. The Bertz CT molecular complexity index is 571. The lowest BCUT2D eigenvalue weighted by atomic mass is 10.1. The summed E-state index contributed by atoms with van der Waals surface area (Å²) in [5.41, 5.74) is 1.03. The molecule has 1 atom stereocenters. The van der Waals surface area contributed by atoms with Crippen LogP contribution in [0, 0.1) is 19.8 Å². The molecular formula is C16H27F3IN5S. The highest BCUT2D eigenvalue weighted by molar-refractivity contribution is 14.0. The van der Waals surface area contributed by atoms with E-state index in [1.54, 1.807) is 11.3 Å². The first kappa shape index (κ1) is 23.4. The number of hydrogen-bond acceptors (Lipinski definition) is 4. The Morgan fingerprint density at radius 2 is 2.08 bits per heavy atom. The van der Waals surface area contributed by atoms with Crippen molar-refractivity contribution in [3.63, 3.8) is 0 Å². The predicted molar refractivity (Wildman–Crippen MR) is 110 cm³/mol. The normalized spacial score (nSPS) is 18.7. The van der Waals surface area contributed by atoms with Crippen LogP contribution in [0.15, 0.2) is 4.99 Å². The lowest BCUT2D eigenvalue weighted by Crippen LogP contribution is -2.40. The van der Waals surface area contributed by atoms with Gasteiger partial charge in [-0.05, 0) is 39.7 Å². The summed E-state index contributed by atoms with van der Waals surface area (Å²) in [7, 11) is 0. The second-order valence-electron chi connectivity index (χ2n) is 6.33. The van der Waals surface area contributed by atoms with Crippen LogP contribution in [-0.2, 0) is 6.54 Å². The minimum Gasteiger partial charge on any atom is -0.357 e. The number of alkyl halides is 3. The molecule has 1 aliphatic rings. The van der Waals surface area contributed by atoms with Crippen molar-refractivity contribution in [2.75, 3.05) is 32.7 Å². The smallest absolute Gasteiger partial charge is 0.357 e. The van der Waals surface area contributed by atoms with Crippen LogP contribution >= 0.6 is 35.3 Å². The number of hydrogen-bond donors (Lipinski definition) is 2. The number of rotatable bonds is 6. The van der Waals surface area contributed by atoms with Crippen molar-refractivity contribution < 1.29 is 13.2 Å². The van der Waals surface area contributed by atoms with E-state index in [-0.39, 0.29) is 29.9 Å². The number of halogens is 4. The molecular weight excluding hydrogens is 478 g/mol. The molecule has 1 aromatic heterocycles. The molecule has 26 heavy (non-hydrogen) atoms. The zero-order chi connectivity index (χ0) is 18.4. The number of aromatic nitrogens is 1. The summed E-state index contributed by atoms with van der Waals surface area (Å²) in [4.78, 5) is 11.7. The molecule has 1 aromatic rings. The molecule has 0 aromatic carbocycles. The van der Waals surface area contributed by atoms with Gasteiger partial charge < -0.3 is 10.6 Å². The van der Waals surface area contributed by atoms with Crippen LogP contribution in [0.3, 0.4) is 0 Å². The van der Waals surface area contributed by atoms with Crippen LogP contribution in [0.1, 0.15) is 28.9 Å². The van der Waals surface area contributed by atoms with E-state index < -0.39 is 12.7 Å². The third kappa shape index (κ3) is 7.95. The van der Waals surface area contributed by atoms with Crippen molar-refractivity contribution in [1.29, 1.82) is 0 Å². The Morgan fingerprint density at radius 1 is 1.35 bits per heavy atom. The lowest BCUT2D eigenvalue weighted by molar-refractivity contribution is -0.143. The molecule has 0 saturated carbocycles. The number of aryl methyl sites for hydroxylation is 2. The highest BCUT2D eigenvalue weighted by atomic mass is 127. The highest BCUT2D eigenvalue weighted by Crippen LogP contribution is 2.22. The van der Waals surface area contributed by atoms with Gasteiger partial charge in [-0.2, -0.15) is 13.2 Å². The molecule has 0 aliphatic carbocycles. The van der Waals surface area contributed by atoms with Gasteiger partial charge in [0.2, 0.25) is 0 Å². The Hall–Kier alpha value is -0.620. The third-order valence-electron chi connectivity index (χ3n) is 4.12. The molecule has 1 saturated heterocycles. The van der Waals surface area contributed by atoms with Crippen LogP contribution in [-0.4, -0.2) is 54.7 Å². The van der Waals surface area contributed by atoms with E-state index in [4.69, 9.17) is 0 Å². The molecule has 5 nitrogen and oxygen atoms in total. The first-order chi connectivity index (χ1) is 11.8. The summed E-state index contributed by atoms with van der Waals surface area (Å²) in [5.74, 6) is 0.887. The molecule has 2 heterocycles. The van der Waals surface area contributed by atoms with Gasteiger partial charge in [0, 0.05) is 24.5 Å². The van der Waals surface area contributed by atoms with E-state index in [9.17, 15) is 13.2 Å². The summed E-state index contributed by atoms with van der Waals surface area (Å²) >= 11 is 1.64. The van der Waals surface area contributed by atoms with E-state index in [0.29, 0.717) is 32.1 Å². The van der Waals surface area contributed by atoms with Gasteiger partial charge in [0.1, 0.15) is 5.01 Å². The molecule has 1 fully saturated rings. The second kappa shape index (κ2) is 10.6. The van der Waals surface area contributed by atoms with Gasteiger partial charge in [0.05, 0.1) is 18.8 Å². The Balaban J connectivity index is 0.00000338. The minimum atomic E-state index is -4.12. The number of thiazole rings is 1. The quantitative estimate of drug-likeness (QED) is 0.354. The monoisotopic (exact) mass is 505 g/mol. The number of guanidine groups is 1. The molecule has 1 unspecified atom stereocenters. The van der Waals surface area contributed by atoms with Gasteiger partial charge in [0.25, 0.3) is 0 Å². The fraction of sp³-hybridized carbons (Fsp3) is 0.750. The van der Waals surface area contributed by atoms with Gasteiger partial charge in [-0.1, -0.05) is 0 Å². The van der Waals surface area contributed by atoms with Crippen molar-refractivity contribution >= 4 is 41.3 Å². The molecule has 0 spiro atoms. The van der Waals surface area contributed by atoms with Crippen LogP contribution in [0.5, 0.6) is 0 Å². The third-order valence-corrected chi connectivity index (χ3v) is 5.18. The van der Waals surface area contributed by atoms with Gasteiger partial charge >= 0.3 is 6.18 Å². The number of likely N-dealkylation sites (tertiary alicyclic amines) is 1. The number of nitrogens with zero attached hydrogens (tertiary/aromatic N) is 3. The highest BCUT2D eigenvalue weighted by Gasteiger charge is 2.34. The van der Waals surface area contributed by atoms with Crippen molar-refractivity contribution in [3.05, 3.63) is 15.6 Å². The van der Waals surface area contributed by atoms with Crippen molar-refractivity contribution in [2.24, 2.45) is 10.9 Å². The molecule has 1 aliphatic heterocycles. The van der Waals surface area contributed by atoms with Crippen molar-refractivity contribution in [3.8, 4) is 0 Å². The Morgan fingerprint density at radius 3 is 2.65 bits per heavy atom. The number of nitrogens with one attached hydrogen (secondary N) is 2. The summed E-state index contributed by atoms with van der Waals surface area (Å²) in [6, 6.07) is 0. The van der Waals surface area contributed by atoms with Crippen molar-refractivity contribution in [2.45, 2.75) is 39.9 Å². The first-order valence-corrected chi connectivity index (χ1v) is 9.32. The molecule has 2 N–H and O–H groups in total. The van der Waals surface area contributed by atoms with E-state index >= 15 is 0 Å². The minimum absolute atomic E-state index is 0. The van der Waals surface area contributed by atoms with E-state index in [0.717, 1.165) is 23.7 Å². The summed E-state index contributed by atoms with van der Waals surface area (Å²) in [5, 5.41) is 7.38. The number of aliphatic imine (C=N–C) groups is 1. The molecule has 10 heteroatoms. The summed E-state index contributed by atoms with van der Waals surface area (Å²) in [6.07, 6.45) is -3.35. The first-order valence-electron chi connectivity index (χ1n) is 8.51. The average molecular weight is 505 g/mol. The van der Waals surface area contributed by atoms with Crippen LogP contribution in [0.2, 0.25) is 0 Å². The zero-order valence-corrected chi connectivity index (χ0v) is 18.5. The predicted octanol–water partition coefficient (Wildman–Crippen LogP) is 3.32. The molecule has 2 rings (SSSR count). The van der Waals surface area contributed by atoms with Crippen LogP contribution in [0.25, 0.3) is 0 Å². The maximum atomic E-state index is 12.4. The zero-order valence-electron chi connectivity index (χ0n) is 15.3. The SMILES string of the molecule is CCNC(=NCc1nc(C)c(C)s1)NCC1CCN(CC(F)(F)F)C1.I. The largest absolute Gasteiger partial charge is 0.401 e. The van der Waals surface area contributed by atoms with Gasteiger partial charge in [-0.25, -0.2) is 9.98 Å². The van der Waals surface area contributed by atoms with E-state index in [2.05, 4.69) is 20.6 Å². The van der Waals surface area contributed by atoms with Crippen LogP contribution in [0.4, 0.5) is 13.2 Å². The van der Waals surface area contributed by atoms with Gasteiger partial charge in [0.15, 0.2) is 5.96 Å². The lowest BCUT2D eigenvalue weighted by Gasteiger charge is -2.18. The maximum Gasteiger partial charge on any atom is 0.401 e. The standard InChI is InChI=1S/C16H26F3N5S.HI/c1-4-20-15(22-8-14-23-11(2)12(3)25-14)21-7-13-5-6-24(9-13)10-16(17,18)19;/h13H,4-10H2,1-3H3,(H2,20,21,22);1H. The van der Waals surface area contributed by atoms with Gasteiger partial charge in [-0.3, -0.25) is 4.90 Å². The molecule has 0 radical (unpaired) electrons. The van der Waals surface area contributed by atoms with Crippen LogP contribution < -0.4 is 10.6 Å². The average Bonchev–Trinajstić information content (AvgIpc) is 3.07. The Labute approximate surface area is 173 Å². The fourth-order valence-electron chi connectivity index (χ4n) is 2.81. The molecule has 150 valence electrons. The second-order valence-corrected chi connectivity index (χ2v) is 7.62. The topological polar surface area (TPSA) is 52.6 Å². The summed E-state index contributed by atoms with van der Waals surface area (Å²) < 4.78 is 37.3. The van der Waals surface area contributed by atoms with Crippen molar-refractivity contribution in [1.82, 2.24) is 20.5 Å². The summed E-state index contributed by atoms with van der Waals surface area (Å²) in [6.45, 7) is 8.00. The van der Waals surface area contributed by atoms with E-state index in [1.165, 1.54) is 9.78 Å². The maximum absolute atomic E-state index is 12.4. The van der Waals surface area contributed by atoms with Gasteiger partial charge in [-0.15, -0.1) is 35.3 Å². The Kier molecular flexibility index (Phi) is 9.59.